The molecule has 2 heteroatoms. The Morgan fingerprint density at radius 1 is 1.12 bits per heavy atom. The van der Waals surface area contributed by atoms with E-state index in [9.17, 15) is 0 Å². The fourth-order valence-electron chi connectivity index (χ4n) is 4.48. The van der Waals surface area contributed by atoms with Crippen molar-refractivity contribution in [3.05, 3.63) is 71.3 Å². The molecular weight excluding hydrogens is 393 g/mol. The van der Waals surface area contributed by atoms with Crippen LogP contribution in [0.15, 0.2) is 60.1 Å². The molecule has 0 saturated heterocycles. The SMILES string of the molecule is CC.CCC(C)C.CCC=CCC1CC=C(F)C2=C1c1nccc3cccc(c13)C2(C)C. The molecule has 0 fully saturated rings. The first kappa shape index (κ1) is 26.0. The summed E-state index contributed by atoms with van der Waals surface area (Å²) in [5.41, 5.74) is 3.78. The second-order valence-electron chi connectivity index (χ2n) is 9.38. The van der Waals surface area contributed by atoms with Crippen molar-refractivity contribution in [2.45, 2.75) is 86.5 Å². The van der Waals surface area contributed by atoms with Gasteiger partial charge in [-0.3, -0.25) is 4.98 Å². The number of fused-ring (bicyclic) bond motifs is 1. The number of benzene rings is 1. The summed E-state index contributed by atoms with van der Waals surface area (Å²) < 4.78 is 15.0. The molecule has 2 aliphatic carbocycles. The maximum Gasteiger partial charge on any atom is 0.123 e. The standard InChI is InChI=1S/C23H24FN.C5H12.C2H6/c1-4-5-6-8-15-11-12-18(24)21-20(15)22-19-16(13-14-25-22)9-7-10-17(19)23(21,2)3;1-4-5(2)3;1-2/h5-7,9-10,12-15H,4,8,11H2,1-3H3;5H,4H2,1-3H3;1-2H3. The van der Waals surface area contributed by atoms with Crippen LogP contribution in [0.5, 0.6) is 0 Å². The Morgan fingerprint density at radius 2 is 1.81 bits per heavy atom. The fourth-order valence-corrected chi connectivity index (χ4v) is 4.48. The van der Waals surface area contributed by atoms with E-state index < -0.39 is 0 Å². The highest BCUT2D eigenvalue weighted by Crippen LogP contribution is 2.53. The molecule has 1 aromatic heterocycles. The van der Waals surface area contributed by atoms with Crippen molar-refractivity contribution in [1.82, 2.24) is 4.98 Å². The minimum absolute atomic E-state index is 0.0657. The lowest BCUT2D eigenvalue weighted by molar-refractivity contribution is 0.524. The Kier molecular flexibility index (Phi) is 9.43. The van der Waals surface area contributed by atoms with Crippen LogP contribution in [0.25, 0.3) is 16.3 Å². The Balaban J connectivity index is 0.000000460. The molecule has 1 unspecified atom stereocenters. The van der Waals surface area contributed by atoms with Crippen LogP contribution in [0, 0.1) is 11.8 Å². The molecule has 1 aromatic carbocycles. The largest absolute Gasteiger partial charge is 0.256 e. The minimum atomic E-state index is -0.349. The minimum Gasteiger partial charge on any atom is -0.256 e. The molecule has 1 heterocycles. The lowest BCUT2D eigenvalue weighted by Crippen LogP contribution is -2.30. The van der Waals surface area contributed by atoms with Gasteiger partial charge in [-0.15, -0.1) is 0 Å². The molecule has 2 aromatic rings. The van der Waals surface area contributed by atoms with Crippen LogP contribution in [0.1, 0.15) is 92.3 Å². The van der Waals surface area contributed by atoms with Crippen molar-refractivity contribution in [3.63, 3.8) is 0 Å². The Labute approximate surface area is 195 Å². The highest BCUT2D eigenvalue weighted by molar-refractivity contribution is 6.00. The third kappa shape index (κ3) is 5.22. The van der Waals surface area contributed by atoms with E-state index >= 15 is 4.39 Å². The smallest absolute Gasteiger partial charge is 0.123 e. The van der Waals surface area contributed by atoms with Gasteiger partial charge in [-0.25, -0.2) is 4.39 Å². The Bertz CT molecular complexity index is 986. The van der Waals surface area contributed by atoms with E-state index in [1.54, 1.807) is 6.08 Å². The quantitative estimate of drug-likeness (QED) is 0.436. The van der Waals surface area contributed by atoms with Crippen LogP contribution in [0.2, 0.25) is 0 Å². The zero-order valence-electron chi connectivity index (χ0n) is 21.4. The van der Waals surface area contributed by atoms with Gasteiger partial charge in [0.1, 0.15) is 5.83 Å². The van der Waals surface area contributed by atoms with Crippen LogP contribution >= 0.6 is 0 Å². The van der Waals surface area contributed by atoms with Crippen molar-refractivity contribution in [2.75, 3.05) is 0 Å². The Hall–Kier alpha value is -2.22. The van der Waals surface area contributed by atoms with Crippen LogP contribution in [-0.2, 0) is 5.41 Å². The highest BCUT2D eigenvalue weighted by Gasteiger charge is 2.41. The molecule has 4 rings (SSSR count). The second-order valence-corrected chi connectivity index (χ2v) is 9.38. The third-order valence-electron chi connectivity index (χ3n) is 6.48. The maximum absolute atomic E-state index is 15.0. The molecule has 0 spiro atoms. The van der Waals surface area contributed by atoms with Gasteiger partial charge in [-0.1, -0.05) is 92.2 Å². The molecule has 0 radical (unpaired) electrons. The predicted molar refractivity (Wildman–Crippen MR) is 140 cm³/mol. The summed E-state index contributed by atoms with van der Waals surface area (Å²) in [4.78, 5) is 4.72. The third-order valence-corrected chi connectivity index (χ3v) is 6.48. The topological polar surface area (TPSA) is 12.9 Å². The number of rotatable bonds is 4. The predicted octanol–water partition coefficient (Wildman–Crippen LogP) is 9.59. The fraction of sp³-hybridized carbons (Fsp3) is 0.500. The summed E-state index contributed by atoms with van der Waals surface area (Å²) in [7, 11) is 0. The van der Waals surface area contributed by atoms with Gasteiger partial charge >= 0.3 is 0 Å². The number of pyridine rings is 1. The van der Waals surface area contributed by atoms with Crippen molar-refractivity contribution in [3.8, 4) is 0 Å². The molecule has 0 amide bonds. The number of hydrogen-bond donors (Lipinski definition) is 0. The van der Waals surface area contributed by atoms with E-state index in [0.29, 0.717) is 5.92 Å². The molecule has 0 bridgehead atoms. The van der Waals surface area contributed by atoms with Gasteiger partial charge < -0.3 is 0 Å². The van der Waals surface area contributed by atoms with Gasteiger partial charge in [0.15, 0.2) is 0 Å². The lowest BCUT2D eigenvalue weighted by atomic mass is 9.64. The van der Waals surface area contributed by atoms with Crippen molar-refractivity contribution in [1.29, 1.82) is 0 Å². The summed E-state index contributed by atoms with van der Waals surface area (Å²) in [5, 5.41) is 2.40. The Morgan fingerprint density at radius 3 is 2.44 bits per heavy atom. The first-order valence-electron chi connectivity index (χ1n) is 12.5. The van der Waals surface area contributed by atoms with E-state index in [1.807, 2.05) is 20.0 Å². The average molecular weight is 436 g/mol. The van der Waals surface area contributed by atoms with Crippen LogP contribution < -0.4 is 0 Å². The van der Waals surface area contributed by atoms with E-state index in [1.165, 1.54) is 22.8 Å². The summed E-state index contributed by atoms with van der Waals surface area (Å²) >= 11 is 0. The molecule has 174 valence electrons. The molecule has 0 aliphatic heterocycles. The number of allylic oxidation sites excluding steroid dienone is 6. The zero-order chi connectivity index (χ0) is 23.9. The summed E-state index contributed by atoms with van der Waals surface area (Å²) in [6.45, 7) is 17.1. The van der Waals surface area contributed by atoms with Crippen LogP contribution in [0.3, 0.4) is 0 Å². The molecule has 2 aliphatic rings. The molecule has 1 atom stereocenters. The number of halogens is 1. The molecule has 0 saturated carbocycles. The summed E-state index contributed by atoms with van der Waals surface area (Å²) in [6, 6.07) is 8.39. The van der Waals surface area contributed by atoms with Gasteiger partial charge in [0, 0.05) is 22.6 Å². The van der Waals surface area contributed by atoms with E-state index in [2.05, 4.69) is 78.0 Å². The molecule has 32 heavy (non-hydrogen) atoms. The van der Waals surface area contributed by atoms with Gasteiger partial charge in [0.05, 0.1) is 5.69 Å². The number of nitrogens with zero attached hydrogens (tertiary/aromatic N) is 1. The molecule has 1 nitrogen and oxygen atoms in total. The van der Waals surface area contributed by atoms with Gasteiger partial charge in [0.25, 0.3) is 0 Å². The summed E-state index contributed by atoms with van der Waals surface area (Å²) in [5.74, 6) is 1.11. The molecular formula is C30H42FN. The molecule has 0 N–H and O–H groups in total. The summed E-state index contributed by atoms with van der Waals surface area (Å²) in [6.07, 6.45) is 12.1. The van der Waals surface area contributed by atoms with Crippen LogP contribution in [0.4, 0.5) is 4.39 Å². The van der Waals surface area contributed by atoms with Crippen molar-refractivity contribution >= 4 is 16.3 Å². The van der Waals surface area contributed by atoms with Gasteiger partial charge in [0.2, 0.25) is 0 Å². The first-order valence-corrected chi connectivity index (χ1v) is 12.5. The van der Waals surface area contributed by atoms with Gasteiger partial charge in [-0.05, 0) is 59.8 Å². The average Bonchev–Trinajstić information content (AvgIpc) is 2.80. The van der Waals surface area contributed by atoms with Crippen molar-refractivity contribution in [2.24, 2.45) is 11.8 Å². The lowest BCUT2D eigenvalue weighted by Gasteiger charge is -2.40. The number of hydrogen-bond acceptors (Lipinski definition) is 1. The second kappa shape index (κ2) is 11.6. The van der Waals surface area contributed by atoms with Crippen LogP contribution in [-0.4, -0.2) is 4.98 Å². The highest BCUT2D eigenvalue weighted by atomic mass is 19.1. The van der Waals surface area contributed by atoms with Gasteiger partial charge in [-0.2, -0.15) is 0 Å². The zero-order valence-corrected chi connectivity index (χ0v) is 21.4. The monoisotopic (exact) mass is 435 g/mol. The van der Waals surface area contributed by atoms with E-state index in [0.717, 1.165) is 42.0 Å². The van der Waals surface area contributed by atoms with Crippen molar-refractivity contribution < 1.29 is 4.39 Å². The first-order chi connectivity index (χ1) is 15.3. The number of aromatic nitrogens is 1. The normalized spacial score (nSPS) is 18.6. The van der Waals surface area contributed by atoms with E-state index in [4.69, 9.17) is 4.98 Å². The maximum atomic E-state index is 15.0. The van der Waals surface area contributed by atoms with E-state index in [-0.39, 0.29) is 11.2 Å².